The predicted octanol–water partition coefficient (Wildman–Crippen LogP) is 4.25. The largest absolute Gasteiger partial charge is 0.393 e. The topological polar surface area (TPSA) is 20.2 Å². The van der Waals surface area contributed by atoms with E-state index >= 15 is 0 Å². The maximum Gasteiger partial charge on any atom is 0.0568 e. The monoisotopic (exact) mass is 214 g/mol. The van der Waals surface area contributed by atoms with Crippen LogP contribution in [0.15, 0.2) is 0 Å². The van der Waals surface area contributed by atoms with Crippen LogP contribution in [0.4, 0.5) is 0 Å². The zero-order valence-corrected chi connectivity index (χ0v) is 11.5. The maximum absolute atomic E-state index is 10.0. The van der Waals surface area contributed by atoms with Gasteiger partial charge in [-0.1, -0.05) is 48.0 Å². The van der Waals surface area contributed by atoms with Crippen LogP contribution in [0.2, 0.25) is 0 Å². The number of hydrogen-bond donors (Lipinski definition) is 1. The van der Waals surface area contributed by atoms with E-state index in [1.54, 1.807) is 0 Å². The highest BCUT2D eigenvalue weighted by molar-refractivity contribution is 4.72. The van der Waals surface area contributed by atoms with Gasteiger partial charge in [0.15, 0.2) is 0 Å². The maximum atomic E-state index is 10.0. The van der Waals surface area contributed by atoms with Crippen molar-refractivity contribution in [1.29, 1.82) is 0 Å². The van der Waals surface area contributed by atoms with Crippen LogP contribution in [0.1, 0.15) is 67.2 Å². The Morgan fingerprint density at radius 3 is 2.07 bits per heavy atom. The summed E-state index contributed by atoms with van der Waals surface area (Å²) in [6.45, 7) is 13.4. The van der Waals surface area contributed by atoms with Crippen LogP contribution in [-0.2, 0) is 0 Å². The van der Waals surface area contributed by atoms with Crippen molar-refractivity contribution in [2.24, 2.45) is 17.3 Å². The second-order valence-corrected chi connectivity index (χ2v) is 6.44. The SMILES string of the molecule is CCCC(C)C(O)CC(C)CC(C)(C)C. The van der Waals surface area contributed by atoms with Crippen LogP contribution in [0, 0.1) is 17.3 Å². The van der Waals surface area contributed by atoms with Crippen molar-refractivity contribution < 1.29 is 5.11 Å². The summed E-state index contributed by atoms with van der Waals surface area (Å²) in [5, 5.41) is 10.0. The summed E-state index contributed by atoms with van der Waals surface area (Å²) in [6.07, 6.45) is 4.36. The first-order valence-corrected chi connectivity index (χ1v) is 6.44. The molecule has 0 aromatic heterocycles. The standard InChI is InChI=1S/C14H30O/c1-7-8-12(3)13(15)9-11(2)10-14(4,5)6/h11-13,15H,7-10H2,1-6H3. The van der Waals surface area contributed by atoms with Gasteiger partial charge in [-0.25, -0.2) is 0 Å². The molecule has 0 aliphatic heterocycles. The molecular weight excluding hydrogens is 184 g/mol. The van der Waals surface area contributed by atoms with E-state index in [1.807, 2.05) is 0 Å². The molecule has 15 heavy (non-hydrogen) atoms. The van der Waals surface area contributed by atoms with E-state index in [4.69, 9.17) is 0 Å². The smallest absolute Gasteiger partial charge is 0.0568 e. The van der Waals surface area contributed by atoms with Gasteiger partial charge in [0, 0.05) is 0 Å². The molecule has 0 heterocycles. The fraction of sp³-hybridized carbons (Fsp3) is 1.00. The Balaban J connectivity index is 3.90. The summed E-state index contributed by atoms with van der Waals surface area (Å²) in [6, 6.07) is 0. The van der Waals surface area contributed by atoms with Gasteiger partial charge in [-0.3, -0.25) is 0 Å². The molecule has 1 heteroatoms. The Bertz CT molecular complexity index is 157. The van der Waals surface area contributed by atoms with Crippen LogP contribution in [0.25, 0.3) is 0 Å². The summed E-state index contributed by atoms with van der Waals surface area (Å²) in [5.41, 5.74) is 0.382. The van der Waals surface area contributed by atoms with Crippen LogP contribution in [-0.4, -0.2) is 11.2 Å². The molecule has 0 aliphatic carbocycles. The summed E-state index contributed by atoms with van der Waals surface area (Å²) < 4.78 is 0. The number of aliphatic hydroxyl groups excluding tert-OH is 1. The van der Waals surface area contributed by atoms with Gasteiger partial charge in [-0.05, 0) is 36.5 Å². The molecule has 0 amide bonds. The van der Waals surface area contributed by atoms with E-state index in [0.29, 0.717) is 17.3 Å². The second kappa shape index (κ2) is 6.52. The van der Waals surface area contributed by atoms with Crippen LogP contribution in [0.3, 0.4) is 0 Å². The highest BCUT2D eigenvalue weighted by Gasteiger charge is 2.20. The lowest BCUT2D eigenvalue weighted by molar-refractivity contribution is 0.0799. The molecule has 0 saturated carbocycles. The first kappa shape index (κ1) is 15.0. The van der Waals surface area contributed by atoms with Crippen LogP contribution < -0.4 is 0 Å². The van der Waals surface area contributed by atoms with Crippen LogP contribution in [0.5, 0.6) is 0 Å². The van der Waals surface area contributed by atoms with Gasteiger partial charge in [0.2, 0.25) is 0 Å². The summed E-state index contributed by atoms with van der Waals surface area (Å²) in [7, 11) is 0. The summed E-state index contributed by atoms with van der Waals surface area (Å²) in [5.74, 6) is 1.08. The molecular formula is C14H30O. The zero-order chi connectivity index (χ0) is 12.1. The van der Waals surface area contributed by atoms with Crippen LogP contribution >= 0.6 is 0 Å². The van der Waals surface area contributed by atoms with Gasteiger partial charge in [0.25, 0.3) is 0 Å². The Hall–Kier alpha value is -0.0400. The molecule has 0 aromatic carbocycles. The molecule has 3 atom stereocenters. The highest BCUT2D eigenvalue weighted by atomic mass is 16.3. The van der Waals surface area contributed by atoms with Crippen molar-refractivity contribution in [3.63, 3.8) is 0 Å². The molecule has 0 rings (SSSR count). The van der Waals surface area contributed by atoms with E-state index in [2.05, 4.69) is 41.5 Å². The molecule has 1 nitrogen and oxygen atoms in total. The molecule has 0 spiro atoms. The van der Waals surface area contributed by atoms with Gasteiger partial charge < -0.3 is 5.11 Å². The average Bonchev–Trinajstić information content (AvgIpc) is 2.00. The Morgan fingerprint density at radius 2 is 1.67 bits per heavy atom. The van der Waals surface area contributed by atoms with Gasteiger partial charge in [-0.2, -0.15) is 0 Å². The van der Waals surface area contributed by atoms with E-state index in [0.717, 1.165) is 12.8 Å². The lowest BCUT2D eigenvalue weighted by Gasteiger charge is -2.27. The number of rotatable bonds is 6. The molecule has 0 aliphatic rings. The van der Waals surface area contributed by atoms with Gasteiger partial charge in [-0.15, -0.1) is 0 Å². The normalized spacial score (nSPS) is 18.6. The Kier molecular flexibility index (Phi) is 6.51. The van der Waals surface area contributed by atoms with Crippen molar-refractivity contribution in [2.75, 3.05) is 0 Å². The van der Waals surface area contributed by atoms with Crippen molar-refractivity contribution in [1.82, 2.24) is 0 Å². The summed E-state index contributed by atoms with van der Waals surface area (Å²) in [4.78, 5) is 0. The van der Waals surface area contributed by atoms with Crippen molar-refractivity contribution >= 4 is 0 Å². The number of aliphatic hydroxyl groups is 1. The third-order valence-electron chi connectivity index (χ3n) is 3.01. The van der Waals surface area contributed by atoms with Crippen molar-refractivity contribution in [3.05, 3.63) is 0 Å². The fourth-order valence-electron chi connectivity index (χ4n) is 2.42. The van der Waals surface area contributed by atoms with Crippen molar-refractivity contribution in [3.8, 4) is 0 Å². The summed E-state index contributed by atoms with van der Waals surface area (Å²) >= 11 is 0. The molecule has 3 unspecified atom stereocenters. The Morgan fingerprint density at radius 1 is 1.13 bits per heavy atom. The molecule has 0 radical (unpaired) electrons. The first-order chi connectivity index (χ1) is 6.76. The molecule has 0 bridgehead atoms. The molecule has 92 valence electrons. The van der Waals surface area contributed by atoms with E-state index in [9.17, 15) is 5.11 Å². The third kappa shape index (κ3) is 7.84. The lowest BCUT2D eigenvalue weighted by Crippen LogP contribution is -2.22. The molecule has 0 fully saturated rings. The Labute approximate surface area is 96.3 Å². The van der Waals surface area contributed by atoms with E-state index < -0.39 is 0 Å². The fourth-order valence-corrected chi connectivity index (χ4v) is 2.42. The van der Waals surface area contributed by atoms with Gasteiger partial charge >= 0.3 is 0 Å². The molecule has 0 aromatic rings. The van der Waals surface area contributed by atoms with Crippen molar-refractivity contribution in [2.45, 2.75) is 73.3 Å². The predicted molar refractivity (Wildman–Crippen MR) is 67.9 cm³/mol. The average molecular weight is 214 g/mol. The van der Waals surface area contributed by atoms with E-state index in [1.165, 1.54) is 12.8 Å². The lowest BCUT2D eigenvalue weighted by atomic mass is 9.81. The van der Waals surface area contributed by atoms with Gasteiger partial charge in [0.1, 0.15) is 0 Å². The zero-order valence-electron chi connectivity index (χ0n) is 11.5. The number of hydrogen-bond acceptors (Lipinski definition) is 1. The third-order valence-corrected chi connectivity index (χ3v) is 3.01. The minimum atomic E-state index is -0.109. The molecule has 1 N–H and O–H groups in total. The van der Waals surface area contributed by atoms with Gasteiger partial charge in [0.05, 0.1) is 6.10 Å². The second-order valence-electron chi connectivity index (χ2n) is 6.44. The minimum Gasteiger partial charge on any atom is -0.393 e. The molecule has 0 saturated heterocycles. The minimum absolute atomic E-state index is 0.109. The first-order valence-electron chi connectivity index (χ1n) is 6.44. The highest BCUT2D eigenvalue weighted by Crippen LogP contribution is 2.28. The quantitative estimate of drug-likeness (QED) is 0.701. The van der Waals surface area contributed by atoms with E-state index in [-0.39, 0.29) is 6.10 Å².